The molecule has 0 heterocycles. The molecule has 2 nitrogen and oxygen atoms in total. The summed E-state index contributed by atoms with van der Waals surface area (Å²) in [7, 11) is 0. The van der Waals surface area contributed by atoms with E-state index in [4.69, 9.17) is 4.74 Å². The summed E-state index contributed by atoms with van der Waals surface area (Å²) in [5.41, 5.74) is 0. The highest BCUT2D eigenvalue weighted by atomic mass is 16.5. The van der Waals surface area contributed by atoms with Crippen LogP contribution >= 0.6 is 0 Å². The van der Waals surface area contributed by atoms with E-state index in [9.17, 15) is 4.79 Å². The van der Waals surface area contributed by atoms with Gasteiger partial charge in [0.1, 0.15) is 5.78 Å². The van der Waals surface area contributed by atoms with Crippen molar-refractivity contribution in [2.24, 2.45) is 5.92 Å². The lowest BCUT2D eigenvalue weighted by molar-refractivity contribution is -0.121. The zero-order chi connectivity index (χ0) is 9.52. The maximum absolute atomic E-state index is 11.2. The lowest BCUT2D eigenvalue weighted by Crippen LogP contribution is -2.09. The van der Waals surface area contributed by atoms with Crippen LogP contribution in [0.5, 0.6) is 0 Å². The minimum Gasteiger partial charge on any atom is -0.381 e. The molecule has 0 saturated heterocycles. The van der Waals surface area contributed by atoms with Gasteiger partial charge in [0.15, 0.2) is 0 Å². The molecule has 1 saturated carbocycles. The van der Waals surface area contributed by atoms with Gasteiger partial charge >= 0.3 is 0 Å². The zero-order valence-electron chi connectivity index (χ0n) is 8.13. The predicted molar refractivity (Wildman–Crippen MR) is 52.6 cm³/mol. The maximum atomic E-state index is 11.2. The van der Waals surface area contributed by atoms with Gasteiger partial charge in [-0.2, -0.15) is 0 Å². The van der Waals surface area contributed by atoms with Crippen LogP contribution < -0.4 is 0 Å². The summed E-state index contributed by atoms with van der Waals surface area (Å²) in [5.74, 6) is 0.732. The molecule has 13 heavy (non-hydrogen) atoms. The van der Waals surface area contributed by atoms with E-state index in [1.54, 1.807) is 0 Å². The Morgan fingerprint density at radius 3 is 3.00 bits per heavy atom. The van der Waals surface area contributed by atoms with Crippen LogP contribution in [-0.4, -0.2) is 19.0 Å². The van der Waals surface area contributed by atoms with Crippen LogP contribution in [0.4, 0.5) is 0 Å². The molecule has 0 aromatic heterocycles. The average molecular weight is 182 g/mol. The molecule has 1 aliphatic carbocycles. The van der Waals surface area contributed by atoms with Crippen LogP contribution in [0.15, 0.2) is 12.7 Å². The van der Waals surface area contributed by atoms with Gasteiger partial charge in [-0.25, -0.2) is 0 Å². The molecule has 0 spiro atoms. The topological polar surface area (TPSA) is 26.3 Å². The number of ketones is 1. The van der Waals surface area contributed by atoms with Crippen molar-refractivity contribution in [3.8, 4) is 0 Å². The van der Waals surface area contributed by atoms with Gasteiger partial charge in [-0.1, -0.05) is 6.08 Å². The number of ether oxygens (including phenoxy) is 1. The highest BCUT2D eigenvalue weighted by molar-refractivity contribution is 5.82. The highest BCUT2D eigenvalue weighted by Gasteiger charge is 2.23. The third-order valence-electron chi connectivity index (χ3n) is 2.51. The summed E-state index contributed by atoms with van der Waals surface area (Å²) in [6, 6.07) is 0. The van der Waals surface area contributed by atoms with Crippen LogP contribution in [0.3, 0.4) is 0 Å². The van der Waals surface area contributed by atoms with Gasteiger partial charge in [-0.15, -0.1) is 6.58 Å². The summed E-state index contributed by atoms with van der Waals surface area (Å²) in [6.07, 6.45) is 6.60. The van der Waals surface area contributed by atoms with Gasteiger partial charge < -0.3 is 4.74 Å². The van der Waals surface area contributed by atoms with Gasteiger partial charge in [0, 0.05) is 25.6 Å². The second kappa shape index (κ2) is 5.92. The lowest BCUT2D eigenvalue weighted by atomic mass is 10.0. The molecular formula is C11H18O2. The molecule has 0 amide bonds. The Morgan fingerprint density at radius 1 is 1.54 bits per heavy atom. The fraction of sp³-hybridized carbons (Fsp3) is 0.727. The second-order valence-electron chi connectivity index (χ2n) is 3.53. The number of carbonyl (C=O) groups excluding carboxylic acids is 1. The third kappa shape index (κ3) is 3.73. The zero-order valence-corrected chi connectivity index (χ0v) is 8.13. The van der Waals surface area contributed by atoms with Crippen LogP contribution in [0, 0.1) is 5.92 Å². The van der Waals surface area contributed by atoms with Crippen LogP contribution in [0.25, 0.3) is 0 Å². The molecule has 0 aromatic carbocycles. The van der Waals surface area contributed by atoms with E-state index in [1.807, 2.05) is 6.08 Å². The van der Waals surface area contributed by atoms with Crippen LogP contribution in [0.1, 0.15) is 32.1 Å². The Hall–Kier alpha value is -0.630. The van der Waals surface area contributed by atoms with Crippen molar-refractivity contribution in [1.29, 1.82) is 0 Å². The normalized spacial score (nSPS) is 22.2. The summed E-state index contributed by atoms with van der Waals surface area (Å²) in [6.45, 7) is 5.08. The maximum Gasteiger partial charge on any atom is 0.136 e. The highest BCUT2D eigenvalue weighted by Crippen LogP contribution is 2.23. The smallest absolute Gasteiger partial charge is 0.136 e. The Morgan fingerprint density at radius 2 is 2.38 bits per heavy atom. The number of rotatable bonds is 6. The Kier molecular flexibility index (Phi) is 4.76. The predicted octanol–water partition coefficient (Wildman–Crippen LogP) is 2.34. The first-order chi connectivity index (χ1) is 6.34. The van der Waals surface area contributed by atoms with E-state index in [1.165, 1.54) is 0 Å². The van der Waals surface area contributed by atoms with Gasteiger partial charge in [0.25, 0.3) is 0 Å². The van der Waals surface area contributed by atoms with Gasteiger partial charge in [0.2, 0.25) is 0 Å². The average Bonchev–Trinajstić information content (AvgIpc) is 2.52. The molecule has 1 unspecified atom stereocenters. The Balaban J connectivity index is 1.99. The minimum absolute atomic E-state index is 0.295. The molecular weight excluding hydrogens is 164 g/mol. The summed E-state index contributed by atoms with van der Waals surface area (Å²) in [4.78, 5) is 11.2. The van der Waals surface area contributed by atoms with E-state index in [2.05, 4.69) is 6.58 Å². The number of carbonyl (C=O) groups is 1. The minimum atomic E-state index is 0.295. The molecule has 0 bridgehead atoms. The molecule has 2 heteroatoms. The molecule has 0 radical (unpaired) electrons. The lowest BCUT2D eigenvalue weighted by Gasteiger charge is -2.07. The molecule has 0 N–H and O–H groups in total. The number of Topliss-reactive ketones (excluding diaryl/α,β-unsaturated/α-hetero) is 1. The van der Waals surface area contributed by atoms with Gasteiger partial charge in [0.05, 0.1) is 0 Å². The molecule has 1 aliphatic rings. The van der Waals surface area contributed by atoms with Crippen molar-refractivity contribution in [3.63, 3.8) is 0 Å². The SMILES string of the molecule is C=CCCOCCC1CCCC1=O. The van der Waals surface area contributed by atoms with Crippen molar-refractivity contribution in [2.45, 2.75) is 32.1 Å². The number of hydrogen-bond acceptors (Lipinski definition) is 2. The van der Waals surface area contributed by atoms with Crippen molar-refractivity contribution < 1.29 is 9.53 Å². The molecule has 1 fully saturated rings. The largest absolute Gasteiger partial charge is 0.381 e. The summed E-state index contributed by atoms with van der Waals surface area (Å²) in [5, 5.41) is 0. The Labute approximate surface area is 80.0 Å². The standard InChI is InChI=1S/C11H18O2/c1-2-3-8-13-9-7-10-5-4-6-11(10)12/h2,10H,1,3-9H2. The first-order valence-corrected chi connectivity index (χ1v) is 5.06. The monoisotopic (exact) mass is 182 g/mol. The van der Waals surface area contributed by atoms with E-state index in [0.29, 0.717) is 11.7 Å². The second-order valence-corrected chi connectivity index (χ2v) is 3.53. The van der Waals surface area contributed by atoms with Crippen molar-refractivity contribution in [1.82, 2.24) is 0 Å². The fourth-order valence-electron chi connectivity index (χ4n) is 1.69. The van der Waals surface area contributed by atoms with E-state index < -0.39 is 0 Å². The molecule has 0 aliphatic heterocycles. The van der Waals surface area contributed by atoms with Crippen LogP contribution in [-0.2, 0) is 9.53 Å². The van der Waals surface area contributed by atoms with Crippen LogP contribution in [0.2, 0.25) is 0 Å². The summed E-state index contributed by atoms with van der Waals surface area (Å²) < 4.78 is 5.36. The first kappa shape index (κ1) is 10.5. The molecule has 1 rings (SSSR count). The van der Waals surface area contributed by atoms with Crippen molar-refractivity contribution >= 4 is 5.78 Å². The fourth-order valence-corrected chi connectivity index (χ4v) is 1.69. The van der Waals surface area contributed by atoms with Crippen molar-refractivity contribution in [2.75, 3.05) is 13.2 Å². The molecule has 0 aromatic rings. The van der Waals surface area contributed by atoms with Gasteiger partial charge in [-0.05, 0) is 25.7 Å². The third-order valence-corrected chi connectivity index (χ3v) is 2.51. The van der Waals surface area contributed by atoms with E-state index >= 15 is 0 Å². The quantitative estimate of drug-likeness (QED) is 0.465. The number of hydrogen-bond donors (Lipinski definition) is 0. The Bertz CT molecular complexity index is 175. The van der Waals surface area contributed by atoms with E-state index in [0.717, 1.165) is 45.3 Å². The molecule has 1 atom stereocenters. The summed E-state index contributed by atoms with van der Waals surface area (Å²) >= 11 is 0. The van der Waals surface area contributed by atoms with Crippen molar-refractivity contribution in [3.05, 3.63) is 12.7 Å². The van der Waals surface area contributed by atoms with E-state index in [-0.39, 0.29) is 0 Å². The first-order valence-electron chi connectivity index (χ1n) is 5.06. The van der Waals surface area contributed by atoms with Gasteiger partial charge in [-0.3, -0.25) is 4.79 Å². The molecule has 74 valence electrons.